The third kappa shape index (κ3) is 5.04. The van der Waals surface area contributed by atoms with Gasteiger partial charge in [-0.1, -0.05) is 39.7 Å². The monoisotopic (exact) mass is 410 g/mol. The minimum absolute atomic E-state index is 0.0138. The summed E-state index contributed by atoms with van der Waals surface area (Å²) in [5, 5.41) is 14.1. The Morgan fingerprint density at radius 2 is 1.96 bits per heavy atom. The summed E-state index contributed by atoms with van der Waals surface area (Å²) < 4.78 is 1.02. The molecule has 0 aliphatic carbocycles. The van der Waals surface area contributed by atoms with E-state index >= 15 is 0 Å². The third-order valence-corrected chi connectivity index (χ3v) is 4.32. The molecule has 0 radical (unpaired) electrons. The highest BCUT2D eigenvalue weighted by molar-refractivity contribution is 9.10. The second-order valence-electron chi connectivity index (χ2n) is 5.46. The third-order valence-electron chi connectivity index (χ3n) is 3.56. The van der Waals surface area contributed by atoms with Crippen LogP contribution in [0.25, 0.3) is 0 Å². The van der Waals surface area contributed by atoms with Gasteiger partial charge in [0.1, 0.15) is 5.56 Å². The van der Waals surface area contributed by atoms with Gasteiger partial charge in [-0.2, -0.15) is 0 Å². The van der Waals surface area contributed by atoms with E-state index < -0.39 is 10.8 Å². The van der Waals surface area contributed by atoms with Crippen molar-refractivity contribution in [3.63, 3.8) is 0 Å². The zero-order valence-corrected chi connectivity index (χ0v) is 15.3. The van der Waals surface area contributed by atoms with Crippen molar-refractivity contribution in [1.82, 2.24) is 5.32 Å². The normalized spacial score (nSPS) is 11.8. The number of rotatable bonds is 6. The van der Waals surface area contributed by atoms with E-state index in [-0.39, 0.29) is 22.3 Å². The Labute approximate surface area is 153 Å². The van der Waals surface area contributed by atoms with Crippen molar-refractivity contribution in [2.45, 2.75) is 25.8 Å². The molecule has 126 valence electrons. The fourth-order valence-corrected chi connectivity index (χ4v) is 2.69. The maximum atomic E-state index is 12.3. The van der Waals surface area contributed by atoms with Crippen molar-refractivity contribution >= 4 is 39.1 Å². The largest absolute Gasteiger partial charge is 0.349 e. The highest BCUT2D eigenvalue weighted by Gasteiger charge is 2.21. The van der Waals surface area contributed by atoms with Crippen molar-refractivity contribution in [2.24, 2.45) is 0 Å². The van der Waals surface area contributed by atoms with Crippen LogP contribution in [-0.4, -0.2) is 16.9 Å². The van der Waals surface area contributed by atoms with E-state index in [0.717, 1.165) is 22.9 Å². The lowest BCUT2D eigenvalue weighted by Gasteiger charge is -2.14. The lowest BCUT2D eigenvalue weighted by Crippen LogP contribution is -2.33. The zero-order chi connectivity index (χ0) is 17.7. The fourth-order valence-electron chi connectivity index (χ4n) is 2.26. The van der Waals surface area contributed by atoms with E-state index in [9.17, 15) is 14.9 Å². The topological polar surface area (TPSA) is 72.2 Å². The molecule has 1 N–H and O–H groups in total. The van der Waals surface area contributed by atoms with Gasteiger partial charge in [0.2, 0.25) is 0 Å². The minimum atomic E-state index is -0.604. The Morgan fingerprint density at radius 1 is 1.29 bits per heavy atom. The summed E-state index contributed by atoms with van der Waals surface area (Å²) >= 11 is 9.15. The number of benzene rings is 2. The fraction of sp³-hybridized carbons (Fsp3) is 0.235. The van der Waals surface area contributed by atoms with Crippen LogP contribution in [-0.2, 0) is 6.42 Å². The number of halogens is 2. The number of carbonyl (C=O) groups is 1. The van der Waals surface area contributed by atoms with Crippen LogP contribution in [0.15, 0.2) is 46.9 Å². The van der Waals surface area contributed by atoms with Crippen molar-refractivity contribution in [3.8, 4) is 0 Å². The van der Waals surface area contributed by atoms with Gasteiger partial charge in [0.15, 0.2) is 0 Å². The predicted molar refractivity (Wildman–Crippen MR) is 97.5 cm³/mol. The molecule has 1 unspecified atom stereocenters. The molecule has 2 aromatic carbocycles. The van der Waals surface area contributed by atoms with Gasteiger partial charge in [0.05, 0.1) is 4.92 Å². The van der Waals surface area contributed by atoms with Gasteiger partial charge in [0, 0.05) is 21.6 Å². The van der Waals surface area contributed by atoms with E-state index in [1.807, 2.05) is 31.2 Å². The molecule has 2 aromatic rings. The van der Waals surface area contributed by atoms with Gasteiger partial charge < -0.3 is 5.32 Å². The molecule has 0 heterocycles. The summed E-state index contributed by atoms with van der Waals surface area (Å²) in [6.07, 6.45) is 1.53. The predicted octanol–water partition coefficient (Wildman–Crippen LogP) is 4.76. The smallest absolute Gasteiger partial charge is 0.283 e. The number of nitrogens with one attached hydrogen (secondary N) is 1. The zero-order valence-electron chi connectivity index (χ0n) is 13.0. The molecule has 0 spiro atoms. The molecule has 5 nitrogen and oxygen atoms in total. The average molecular weight is 412 g/mol. The molecule has 1 atom stereocenters. The molecule has 0 aliphatic heterocycles. The van der Waals surface area contributed by atoms with Crippen molar-refractivity contribution in [2.75, 3.05) is 0 Å². The Morgan fingerprint density at radius 3 is 2.58 bits per heavy atom. The van der Waals surface area contributed by atoms with Gasteiger partial charge in [0.25, 0.3) is 11.6 Å². The number of nitro groups is 1. The van der Waals surface area contributed by atoms with Gasteiger partial charge in [-0.05, 0) is 49.6 Å². The quantitative estimate of drug-likeness (QED) is 0.550. The minimum Gasteiger partial charge on any atom is -0.349 e. The molecule has 2 rings (SSSR count). The number of carbonyl (C=O) groups excluding carboxylic acids is 1. The summed E-state index contributed by atoms with van der Waals surface area (Å²) in [5.74, 6) is -0.471. The maximum absolute atomic E-state index is 12.3. The van der Waals surface area contributed by atoms with Crippen LogP contribution in [0.1, 0.15) is 29.3 Å². The summed E-state index contributed by atoms with van der Waals surface area (Å²) in [7, 11) is 0. The summed E-state index contributed by atoms with van der Waals surface area (Å²) in [5.41, 5.74) is 0.886. The summed E-state index contributed by atoms with van der Waals surface area (Å²) in [4.78, 5) is 22.7. The summed E-state index contributed by atoms with van der Waals surface area (Å²) in [6.45, 7) is 1.87. The van der Waals surface area contributed by atoms with E-state index in [0.29, 0.717) is 0 Å². The molecule has 24 heavy (non-hydrogen) atoms. The lowest BCUT2D eigenvalue weighted by molar-refractivity contribution is -0.385. The first kappa shape index (κ1) is 18.4. The Balaban J connectivity index is 1.99. The van der Waals surface area contributed by atoms with Crippen LogP contribution in [0.2, 0.25) is 5.02 Å². The number of hydrogen-bond donors (Lipinski definition) is 1. The van der Waals surface area contributed by atoms with E-state index in [4.69, 9.17) is 11.6 Å². The number of nitro benzene ring substituents is 1. The standard InChI is InChI=1S/C17H16BrClN2O3/c1-11(2-3-12-4-6-13(18)7-5-12)20-17(22)15-9-8-14(19)10-16(15)21(23)24/h4-11H,2-3H2,1H3,(H,20,22). The second-order valence-corrected chi connectivity index (χ2v) is 6.81. The van der Waals surface area contributed by atoms with E-state index in [2.05, 4.69) is 21.2 Å². The first-order valence-corrected chi connectivity index (χ1v) is 8.53. The number of amides is 1. The van der Waals surface area contributed by atoms with E-state index in [1.54, 1.807) is 0 Å². The molecule has 0 saturated heterocycles. The number of nitrogens with zero attached hydrogens (tertiary/aromatic N) is 1. The number of aryl methyl sites for hydroxylation is 1. The van der Waals surface area contributed by atoms with Crippen molar-refractivity contribution in [3.05, 3.63) is 73.2 Å². The van der Waals surface area contributed by atoms with Crippen LogP contribution in [0.3, 0.4) is 0 Å². The highest BCUT2D eigenvalue weighted by Crippen LogP contribution is 2.23. The average Bonchev–Trinajstić information content (AvgIpc) is 2.54. The Bertz CT molecular complexity index is 750. The molecule has 0 fully saturated rings. The molecular formula is C17H16BrClN2O3. The molecule has 0 aliphatic rings. The lowest BCUT2D eigenvalue weighted by atomic mass is 10.1. The Hall–Kier alpha value is -1.92. The van der Waals surface area contributed by atoms with Crippen LogP contribution >= 0.6 is 27.5 Å². The van der Waals surface area contributed by atoms with Gasteiger partial charge in [-0.25, -0.2) is 0 Å². The maximum Gasteiger partial charge on any atom is 0.283 e. The Kier molecular flexibility index (Phi) is 6.34. The summed E-state index contributed by atoms with van der Waals surface area (Å²) in [6, 6.07) is 11.9. The molecule has 0 aromatic heterocycles. The first-order chi connectivity index (χ1) is 11.4. The highest BCUT2D eigenvalue weighted by atomic mass is 79.9. The van der Waals surface area contributed by atoms with Crippen LogP contribution in [0.5, 0.6) is 0 Å². The van der Waals surface area contributed by atoms with Crippen LogP contribution < -0.4 is 5.32 Å². The molecule has 7 heteroatoms. The SMILES string of the molecule is CC(CCc1ccc(Br)cc1)NC(=O)c1ccc(Cl)cc1[N+](=O)[O-]. The first-order valence-electron chi connectivity index (χ1n) is 7.36. The van der Waals surface area contributed by atoms with Crippen molar-refractivity contribution < 1.29 is 9.72 Å². The molecular weight excluding hydrogens is 396 g/mol. The van der Waals surface area contributed by atoms with Crippen LogP contribution in [0, 0.1) is 10.1 Å². The van der Waals surface area contributed by atoms with E-state index in [1.165, 1.54) is 18.2 Å². The van der Waals surface area contributed by atoms with Gasteiger partial charge in [-0.15, -0.1) is 0 Å². The number of hydrogen-bond acceptors (Lipinski definition) is 3. The molecule has 1 amide bonds. The molecule has 0 bridgehead atoms. The van der Waals surface area contributed by atoms with Crippen LogP contribution in [0.4, 0.5) is 5.69 Å². The molecule has 0 saturated carbocycles. The van der Waals surface area contributed by atoms with Crippen molar-refractivity contribution in [1.29, 1.82) is 0 Å². The second kappa shape index (κ2) is 8.26. The van der Waals surface area contributed by atoms with Gasteiger partial charge in [-0.3, -0.25) is 14.9 Å². The van der Waals surface area contributed by atoms with Gasteiger partial charge >= 0.3 is 0 Å².